The van der Waals surface area contributed by atoms with Crippen LogP contribution in [0.15, 0.2) is 35.7 Å². The predicted molar refractivity (Wildman–Crippen MR) is 156 cm³/mol. The van der Waals surface area contributed by atoms with Crippen LogP contribution >= 0.6 is 0 Å². The first-order valence-corrected chi connectivity index (χ1v) is 13.9. The van der Waals surface area contributed by atoms with Crippen LogP contribution in [0, 0.1) is 0 Å². The largest absolute Gasteiger partial charge is 0.487 e. The predicted octanol–water partition coefficient (Wildman–Crippen LogP) is 3.89. The molecule has 0 bridgehead atoms. The third-order valence-corrected chi connectivity index (χ3v) is 5.22. The normalized spacial score (nSPS) is 11.3. The van der Waals surface area contributed by atoms with Gasteiger partial charge in [0, 0.05) is 24.1 Å². The molecule has 44 heavy (non-hydrogen) atoms. The molecular formula is C27H39N11O6. The van der Waals surface area contributed by atoms with Crippen molar-refractivity contribution in [2.75, 3.05) is 13.1 Å². The summed E-state index contributed by atoms with van der Waals surface area (Å²) in [5.41, 5.74) is 9.44. The van der Waals surface area contributed by atoms with Gasteiger partial charge in [0.2, 0.25) is 0 Å². The summed E-state index contributed by atoms with van der Waals surface area (Å²) in [6.45, 7) is 12.5. The van der Waals surface area contributed by atoms with Gasteiger partial charge in [-0.05, 0) is 64.8 Å². The van der Waals surface area contributed by atoms with Crippen molar-refractivity contribution >= 4 is 12.2 Å². The second kappa shape index (κ2) is 15.4. The average molecular weight is 614 g/mol. The number of benzene rings is 1. The van der Waals surface area contributed by atoms with Gasteiger partial charge in [-0.25, -0.2) is 9.59 Å². The van der Waals surface area contributed by atoms with Crippen LogP contribution in [0.1, 0.15) is 58.5 Å². The van der Waals surface area contributed by atoms with E-state index < -0.39 is 23.4 Å². The van der Waals surface area contributed by atoms with E-state index in [-0.39, 0.29) is 19.8 Å². The van der Waals surface area contributed by atoms with Crippen LogP contribution in [0.5, 0.6) is 11.5 Å². The Morgan fingerprint density at radius 3 is 1.68 bits per heavy atom. The second-order valence-electron chi connectivity index (χ2n) is 11.6. The maximum atomic E-state index is 11.8. The zero-order valence-corrected chi connectivity index (χ0v) is 25.8. The number of amides is 2. The van der Waals surface area contributed by atoms with Crippen LogP contribution < -0.4 is 20.1 Å². The number of alkyl carbamates (subject to hydrolysis) is 2. The fraction of sp³-hybridized carbons (Fsp3) is 0.556. The van der Waals surface area contributed by atoms with Crippen molar-refractivity contribution in [1.82, 2.24) is 40.6 Å². The molecule has 17 heteroatoms. The molecule has 2 amide bonds. The van der Waals surface area contributed by atoms with Gasteiger partial charge in [-0.15, -0.1) is 10.2 Å². The van der Waals surface area contributed by atoms with Gasteiger partial charge in [0.15, 0.2) is 0 Å². The minimum absolute atomic E-state index is 0.103. The standard InChI is InChI=1S/C27H39N11O6/c1-26(2,3)43-24(39)29-7-9-37-15-20(32-35-37)17-41-22-11-19(14-31-34-28)12-23(13-22)42-18-21-16-38(36-33-21)10-8-30-25(40)44-27(4,5)6/h11-13,15-16H,7-10,14,17-18H2,1-6H3,(H,29,39)(H,30,40). The average Bonchev–Trinajstić information content (AvgIpc) is 3.57. The lowest BCUT2D eigenvalue weighted by atomic mass is 10.2. The Bertz CT molecular complexity index is 1340. The molecule has 0 spiro atoms. The van der Waals surface area contributed by atoms with E-state index in [1.54, 1.807) is 81.5 Å². The Labute approximate surface area is 254 Å². The first-order chi connectivity index (χ1) is 20.8. The number of carbonyl (C=O) groups excluding carboxylic acids is 2. The fourth-order valence-electron chi connectivity index (χ4n) is 3.52. The van der Waals surface area contributed by atoms with Crippen LogP contribution in [0.25, 0.3) is 10.4 Å². The van der Waals surface area contributed by atoms with Gasteiger partial charge in [-0.3, -0.25) is 9.36 Å². The van der Waals surface area contributed by atoms with E-state index in [9.17, 15) is 9.59 Å². The molecule has 3 aromatic rings. The first-order valence-electron chi connectivity index (χ1n) is 13.9. The molecule has 1 aromatic carbocycles. The van der Waals surface area contributed by atoms with Gasteiger partial charge >= 0.3 is 12.2 Å². The molecule has 2 N–H and O–H groups in total. The van der Waals surface area contributed by atoms with Crippen molar-refractivity contribution in [3.63, 3.8) is 0 Å². The highest BCUT2D eigenvalue weighted by Crippen LogP contribution is 2.25. The number of carbonyl (C=O) groups is 2. The number of aromatic nitrogens is 6. The third-order valence-electron chi connectivity index (χ3n) is 5.22. The smallest absolute Gasteiger partial charge is 0.407 e. The summed E-state index contributed by atoms with van der Waals surface area (Å²) < 4.78 is 25.4. The highest BCUT2D eigenvalue weighted by molar-refractivity contribution is 5.67. The lowest BCUT2D eigenvalue weighted by Gasteiger charge is -2.19. The van der Waals surface area contributed by atoms with Crippen molar-refractivity contribution in [3.05, 3.63) is 58.0 Å². The SMILES string of the molecule is CC(C)(C)OC(=O)NCCn1cc(COc2cc(CN=[N+]=[N-])cc(OCc3cn(CCNC(=O)OC(C)(C)C)nn3)c2)nn1. The Balaban J connectivity index is 1.51. The summed E-state index contributed by atoms with van der Waals surface area (Å²) in [7, 11) is 0. The summed E-state index contributed by atoms with van der Waals surface area (Å²) in [5.74, 6) is 0.951. The number of nitrogens with one attached hydrogen (secondary N) is 2. The molecule has 2 aromatic heterocycles. The van der Waals surface area contributed by atoms with Crippen molar-refractivity contribution in [3.8, 4) is 11.5 Å². The van der Waals surface area contributed by atoms with E-state index >= 15 is 0 Å². The van der Waals surface area contributed by atoms with E-state index in [2.05, 4.69) is 41.3 Å². The van der Waals surface area contributed by atoms with Crippen LogP contribution in [-0.2, 0) is 42.3 Å². The third kappa shape index (κ3) is 12.9. The van der Waals surface area contributed by atoms with Gasteiger partial charge in [0.05, 0.1) is 32.0 Å². The second-order valence-corrected chi connectivity index (χ2v) is 11.6. The molecule has 0 aliphatic heterocycles. The number of hydrogen-bond donors (Lipinski definition) is 2. The molecular weight excluding hydrogens is 574 g/mol. The van der Waals surface area contributed by atoms with E-state index in [1.807, 2.05) is 0 Å². The molecule has 0 unspecified atom stereocenters. The van der Waals surface area contributed by atoms with Crippen molar-refractivity contribution in [2.24, 2.45) is 5.11 Å². The van der Waals surface area contributed by atoms with Crippen LogP contribution in [0.2, 0.25) is 0 Å². The quantitative estimate of drug-likeness (QED) is 0.152. The number of ether oxygens (including phenoxy) is 4. The minimum atomic E-state index is -0.575. The molecule has 0 radical (unpaired) electrons. The molecule has 0 saturated carbocycles. The van der Waals surface area contributed by atoms with Crippen LogP contribution in [0.3, 0.4) is 0 Å². The lowest BCUT2D eigenvalue weighted by molar-refractivity contribution is 0.0514. The fourth-order valence-corrected chi connectivity index (χ4v) is 3.52. The van der Waals surface area contributed by atoms with Crippen molar-refractivity contribution in [2.45, 2.75) is 85.6 Å². The molecule has 2 heterocycles. The van der Waals surface area contributed by atoms with Gasteiger partial charge < -0.3 is 29.6 Å². The van der Waals surface area contributed by atoms with Gasteiger partial charge in [-0.2, -0.15) is 0 Å². The number of nitrogens with zero attached hydrogens (tertiary/aromatic N) is 9. The van der Waals surface area contributed by atoms with E-state index in [0.717, 1.165) is 0 Å². The Hall–Kier alpha value is -5.05. The summed E-state index contributed by atoms with van der Waals surface area (Å²) in [6.07, 6.45) is 2.42. The van der Waals surface area contributed by atoms with Gasteiger partial charge in [0.1, 0.15) is 47.3 Å². The summed E-state index contributed by atoms with van der Waals surface area (Å²) in [6, 6.07) is 5.18. The summed E-state index contributed by atoms with van der Waals surface area (Å²) >= 11 is 0. The van der Waals surface area contributed by atoms with Crippen molar-refractivity contribution < 1.29 is 28.5 Å². The summed E-state index contributed by atoms with van der Waals surface area (Å²) in [4.78, 5) is 26.4. The number of rotatable bonds is 14. The Morgan fingerprint density at radius 2 is 1.27 bits per heavy atom. The zero-order chi connectivity index (χ0) is 32.2. The highest BCUT2D eigenvalue weighted by Gasteiger charge is 2.16. The monoisotopic (exact) mass is 613 g/mol. The zero-order valence-electron chi connectivity index (χ0n) is 25.8. The number of hydrogen-bond acceptors (Lipinski definition) is 11. The molecule has 3 rings (SSSR count). The molecule has 17 nitrogen and oxygen atoms in total. The summed E-state index contributed by atoms with van der Waals surface area (Å²) in [5, 5.41) is 25.3. The molecule has 238 valence electrons. The van der Waals surface area contributed by atoms with Crippen LogP contribution in [0.4, 0.5) is 9.59 Å². The van der Waals surface area contributed by atoms with Crippen LogP contribution in [-0.4, -0.2) is 66.5 Å². The Morgan fingerprint density at radius 1 is 0.818 bits per heavy atom. The van der Waals surface area contributed by atoms with Gasteiger partial charge in [-0.1, -0.05) is 15.5 Å². The highest BCUT2D eigenvalue weighted by atomic mass is 16.6. The first kappa shape index (κ1) is 33.5. The molecule has 0 fully saturated rings. The minimum Gasteiger partial charge on any atom is -0.487 e. The molecule has 0 aliphatic carbocycles. The maximum absolute atomic E-state index is 11.8. The number of azide groups is 1. The topological polar surface area (TPSA) is 205 Å². The van der Waals surface area contributed by atoms with Crippen molar-refractivity contribution in [1.29, 1.82) is 0 Å². The van der Waals surface area contributed by atoms with E-state index in [4.69, 9.17) is 24.5 Å². The molecule has 0 saturated heterocycles. The Kier molecular flexibility index (Phi) is 11.7. The molecule has 0 atom stereocenters. The lowest BCUT2D eigenvalue weighted by Crippen LogP contribution is -2.34. The molecule has 0 aliphatic rings. The van der Waals surface area contributed by atoms with Gasteiger partial charge in [0.25, 0.3) is 0 Å². The van der Waals surface area contributed by atoms with E-state index in [0.29, 0.717) is 54.6 Å². The van der Waals surface area contributed by atoms with E-state index in [1.165, 1.54) is 0 Å². The maximum Gasteiger partial charge on any atom is 0.407 e.